The minimum absolute atomic E-state index is 0.00804. The van der Waals surface area contributed by atoms with Crippen LogP contribution >= 0.6 is 23.2 Å². The van der Waals surface area contributed by atoms with E-state index in [1.807, 2.05) is 24.3 Å². The monoisotopic (exact) mass is 363 g/mol. The molecule has 2 N–H and O–H groups in total. The van der Waals surface area contributed by atoms with E-state index in [1.54, 1.807) is 25.1 Å². The molecule has 0 aliphatic rings. The maximum Gasteiger partial charge on any atom is 0.251 e. The van der Waals surface area contributed by atoms with Crippen molar-refractivity contribution in [2.45, 2.75) is 12.5 Å². The van der Waals surface area contributed by atoms with Crippen LogP contribution in [0.4, 0.5) is 0 Å². The molecule has 0 unspecified atom stereocenters. The van der Waals surface area contributed by atoms with Gasteiger partial charge in [-0.25, -0.2) is 0 Å². The second-order valence-electron chi connectivity index (χ2n) is 5.73. The van der Waals surface area contributed by atoms with E-state index in [2.05, 4.69) is 5.32 Å². The predicted octanol–water partition coefficient (Wildman–Crippen LogP) is 4.38. The maximum atomic E-state index is 12.2. The summed E-state index contributed by atoms with van der Waals surface area (Å²) in [7, 11) is 0. The van der Waals surface area contributed by atoms with Gasteiger partial charge in [-0.05, 0) is 37.3 Å². The van der Waals surface area contributed by atoms with Crippen LogP contribution in [0, 0.1) is 0 Å². The molecule has 3 rings (SSSR count). The minimum atomic E-state index is -1.34. The maximum absolute atomic E-state index is 12.2. The lowest BCUT2D eigenvalue weighted by atomic mass is 10.0. The number of halogens is 2. The molecule has 0 radical (unpaired) electrons. The first-order valence-corrected chi connectivity index (χ1v) is 8.07. The Morgan fingerprint density at radius 3 is 2.62 bits per heavy atom. The number of nitrogens with one attached hydrogen (secondary N) is 1. The third-order valence-electron chi connectivity index (χ3n) is 3.73. The molecule has 1 heterocycles. The van der Waals surface area contributed by atoms with Gasteiger partial charge in [-0.2, -0.15) is 0 Å². The van der Waals surface area contributed by atoms with Crippen LogP contribution in [0.5, 0.6) is 0 Å². The Morgan fingerprint density at radius 2 is 1.92 bits per heavy atom. The number of carbonyl (C=O) groups is 1. The van der Waals surface area contributed by atoms with Crippen LogP contribution in [0.2, 0.25) is 10.0 Å². The Labute approximate surface area is 149 Å². The van der Waals surface area contributed by atoms with Gasteiger partial charge >= 0.3 is 0 Å². The molecule has 3 aromatic rings. The van der Waals surface area contributed by atoms with Crippen LogP contribution in [0.25, 0.3) is 11.0 Å². The largest absolute Gasteiger partial charge is 0.458 e. The first-order valence-electron chi connectivity index (χ1n) is 7.31. The molecule has 24 heavy (non-hydrogen) atoms. The predicted molar refractivity (Wildman–Crippen MR) is 94.6 cm³/mol. The van der Waals surface area contributed by atoms with Crippen molar-refractivity contribution in [2.75, 3.05) is 6.54 Å². The van der Waals surface area contributed by atoms with Crippen LogP contribution in [0.15, 0.2) is 52.9 Å². The van der Waals surface area contributed by atoms with E-state index in [0.717, 1.165) is 5.39 Å². The molecule has 0 aliphatic carbocycles. The molecule has 1 amide bonds. The van der Waals surface area contributed by atoms with Crippen LogP contribution < -0.4 is 5.32 Å². The number of benzene rings is 2. The van der Waals surface area contributed by atoms with Crippen molar-refractivity contribution in [1.29, 1.82) is 0 Å². The second-order valence-corrected chi connectivity index (χ2v) is 6.55. The molecule has 124 valence electrons. The van der Waals surface area contributed by atoms with Gasteiger partial charge in [0.15, 0.2) is 0 Å². The number of aliphatic hydroxyl groups is 1. The highest BCUT2D eigenvalue weighted by molar-refractivity contribution is 6.42. The molecular weight excluding hydrogens is 349 g/mol. The van der Waals surface area contributed by atoms with Crippen LogP contribution in [-0.2, 0) is 5.60 Å². The molecule has 6 heteroatoms. The van der Waals surface area contributed by atoms with Gasteiger partial charge in [-0.1, -0.05) is 41.4 Å². The Hall–Kier alpha value is -2.01. The summed E-state index contributed by atoms with van der Waals surface area (Å²) >= 11 is 11.8. The average molecular weight is 364 g/mol. The molecule has 0 aliphatic heterocycles. The van der Waals surface area contributed by atoms with Gasteiger partial charge in [-0.3, -0.25) is 4.79 Å². The van der Waals surface area contributed by atoms with Gasteiger partial charge < -0.3 is 14.8 Å². The first-order chi connectivity index (χ1) is 11.4. The minimum Gasteiger partial charge on any atom is -0.458 e. The number of para-hydroxylation sites is 1. The Kier molecular flexibility index (Phi) is 4.54. The number of fused-ring (bicyclic) bond motifs is 1. The quantitative estimate of drug-likeness (QED) is 0.722. The van der Waals surface area contributed by atoms with Gasteiger partial charge in [0.05, 0.1) is 16.6 Å². The zero-order chi connectivity index (χ0) is 17.3. The molecule has 0 saturated heterocycles. The van der Waals surface area contributed by atoms with Gasteiger partial charge in [0, 0.05) is 10.9 Å². The van der Waals surface area contributed by atoms with E-state index in [-0.39, 0.29) is 12.5 Å². The van der Waals surface area contributed by atoms with Crippen molar-refractivity contribution >= 4 is 40.1 Å². The summed E-state index contributed by atoms with van der Waals surface area (Å²) < 4.78 is 5.67. The molecule has 1 atom stereocenters. The molecule has 0 saturated carbocycles. The summed E-state index contributed by atoms with van der Waals surface area (Å²) in [5.41, 5.74) is -0.293. The number of rotatable bonds is 4. The number of hydrogen-bond donors (Lipinski definition) is 2. The van der Waals surface area contributed by atoms with Crippen molar-refractivity contribution in [3.8, 4) is 0 Å². The van der Waals surface area contributed by atoms with Crippen molar-refractivity contribution < 1.29 is 14.3 Å². The molecule has 0 fully saturated rings. The van der Waals surface area contributed by atoms with Gasteiger partial charge in [0.1, 0.15) is 16.9 Å². The lowest BCUT2D eigenvalue weighted by Crippen LogP contribution is -2.38. The SMILES string of the molecule is C[C@@](O)(CNC(=O)c1ccc(Cl)c(Cl)c1)c1cc2ccccc2o1. The van der Waals surface area contributed by atoms with Gasteiger partial charge in [0.25, 0.3) is 5.91 Å². The Bertz CT molecular complexity index is 869. The van der Waals surface area contributed by atoms with E-state index in [4.69, 9.17) is 27.6 Å². The second kappa shape index (κ2) is 6.48. The summed E-state index contributed by atoms with van der Waals surface area (Å²) in [4.78, 5) is 12.2. The molecule has 1 aromatic heterocycles. The lowest BCUT2D eigenvalue weighted by Gasteiger charge is -2.21. The highest BCUT2D eigenvalue weighted by Gasteiger charge is 2.28. The van der Waals surface area contributed by atoms with Gasteiger partial charge in [0.2, 0.25) is 0 Å². The van der Waals surface area contributed by atoms with E-state index < -0.39 is 5.60 Å². The molecule has 2 aromatic carbocycles. The molecule has 0 spiro atoms. The third kappa shape index (κ3) is 3.41. The van der Waals surface area contributed by atoms with Crippen LogP contribution in [0.1, 0.15) is 23.0 Å². The summed E-state index contributed by atoms with van der Waals surface area (Å²) in [5, 5.41) is 14.9. The van der Waals surface area contributed by atoms with Gasteiger partial charge in [-0.15, -0.1) is 0 Å². The summed E-state index contributed by atoms with van der Waals surface area (Å²) in [6, 6.07) is 13.8. The average Bonchev–Trinajstić information content (AvgIpc) is 3.00. The highest BCUT2D eigenvalue weighted by atomic mass is 35.5. The topological polar surface area (TPSA) is 62.5 Å². The summed E-state index contributed by atoms with van der Waals surface area (Å²) in [6.07, 6.45) is 0. The zero-order valence-corrected chi connectivity index (χ0v) is 14.4. The standard InChI is InChI=1S/C18H15Cl2NO3/c1-18(23,16-9-11-4-2-3-5-15(11)24-16)10-21-17(22)12-6-7-13(19)14(20)8-12/h2-9,23H,10H2,1H3,(H,21,22)/t18-/m1/s1. The van der Waals surface area contributed by atoms with Crippen molar-refractivity contribution in [1.82, 2.24) is 5.32 Å². The first kappa shape index (κ1) is 16.8. The zero-order valence-electron chi connectivity index (χ0n) is 12.8. The summed E-state index contributed by atoms with van der Waals surface area (Å²) in [5.74, 6) is 0.0306. The fourth-order valence-electron chi connectivity index (χ4n) is 2.33. The Morgan fingerprint density at radius 1 is 1.17 bits per heavy atom. The van der Waals surface area contributed by atoms with Crippen molar-refractivity contribution in [3.63, 3.8) is 0 Å². The van der Waals surface area contributed by atoms with Crippen molar-refractivity contribution in [2.24, 2.45) is 0 Å². The van der Waals surface area contributed by atoms with E-state index in [0.29, 0.717) is 27.0 Å². The van der Waals surface area contributed by atoms with Crippen LogP contribution in [-0.4, -0.2) is 17.6 Å². The fraction of sp³-hybridized carbons (Fsp3) is 0.167. The highest BCUT2D eigenvalue weighted by Crippen LogP contribution is 2.28. The number of hydrogen-bond acceptors (Lipinski definition) is 3. The number of carbonyl (C=O) groups excluding carboxylic acids is 1. The lowest BCUT2D eigenvalue weighted by molar-refractivity contribution is 0.0344. The number of amides is 1. The van der Waals surface area contributed by atoms with E-state index >= 15 is 0 Å². The van der Waals surface area contributed by atoms with E-state index in [9.17, 15) is 9.90 Å². The fourth-order valence-corrected chi connectivity index (χ4v) is 2.62. The Balaban J connectivity index is 1.74. The molecule has 4 nitrogen and oxygen atoms in total. The normalized spacial score (nSPS) is 13.7. The number of furan rings is 1. The molecule has 0 bridgehead atoms. The molecular formula is C18H15Cl2NO3. The van der Waals surface area contributed by atoms with Crippen molar-refractivity contribution in [3.05, 3.63) is 69.9 Å². The van der Waals surface area contributed by atoms with E-state index in [1.165, 1.54) is 6.07 Å². The van der Waals surface area contributed by atoms with Crippen LogP contribution in [0.3, 0.4) is 0 Å². The smallest absolute Gasteiger partial charge is 0.251 e. The third-order valence-corrected chi connectivity index (χ3v) is 4.47. The summed E-state index contributed by atoms with van der Waals surface area (Å²) in [6.45, 7) is 1.58.